The molecule has 2 aromatic carbocycles. The molecule has 2 amide bonds. The van der Waals surface area contributed by atoms with Gasteiger partial charge in [-0.1, -0.05) is 12.1 Å². The number of nitrogens with zero attached hydrogens (tertiary/aromatic N) is 2. The van der Waals surface area contributed by atoms with Crippen LogP contribution in [-0.4, -0.2) is 28.6 Å². The quantitative estimate of drug-likeness (QED) is 0.773. The maximum absolute atomic E-state index is 13.0. The van der Waals surface area contributed by atoms with E-state index in [1.807, 2.05) is 0 Å². The molecule has 0 bridgehead atoms. The van der Waals surface area contributed by atoms with Gasteiger partial charge in [-0.3, -0.25) is 9.59 Å². The first-order chi connectivity index (χ1) is 13.6. The predicted octanol–water partition coefficient (Wildman–Crippen LogP) is 4.20. The Hall–Kier alpha value is -3.23. The zero-order chi connectivity index (χ0) is 21.2. The van der Waals surface area contributed by atoms with Gasteiger partial charge >= 0.3 is 6.18 Å². The van der Waals surface area contributed by atoms with Crippen LogP contribution in [0.5, 0.6) is 0 Å². The van der Waals surface area contributed by atoms with E-state index in [2.05, 4.69) is 10.4 Å². The second-order valence-corrected chi connectivity index (χ2v) is 6.53. The number of rotatable bonds is 4. The van der Waals surface area contributed by atoms with Gasteiger partial charge in [0.05, 0.1) is 11.3 Å². The number of nitrogens with one attached hydrogen (secondary N) is 1. The fraction of sp³-hybridized carbons (Fsp3) is 0.250. The molecule has 0 saturated carbocycles. The highest BCUT2D eigenvalue weighted by Crippen LogP contribution is 2.29. The summed E-state index contributed by atoms with van der Waals surface area (Å²) in [4.78, 5) is 24.7. The average Bonchev–Trinajstić information content (AvgIpc) is 2.69. The van der Waals surface area contributed by atoms with Crippen molar-refractivity contribution in [2.45, 2.75) is 32.0 Å². The number of carbonyl (C=O) groups is 2. The van der Waals surface area contributed by atoms with E-state index in [9.17, 15) is 27.2 Å². The number of amides is 2. The van der Waals surface area contributed by atoms with Crippen LogP contribution >= 0.6 is 0 Å². The van der Waals surface area contributed by atoms with Gasteiger partial charge in [-0.05, 0) is 48.9 Å². The molecule has 0 radical (unpaired) electrons. The second-order valence-electron chi connectivity index (χ2n) is 6.53. The van der Waals surface area contributed by atoms with Crippen molar-refractivity contribution in [2.75, 3.05) is 5.32 Å². The summed E-state index contributed by atoms with van der Waals surface area (Å²) in [7, 11) is 0. The Kier molecular flexibility index (Phi) is 5.67. The fourth-order valence-corrected chi connectivity index (χ4v) is 2.82. The largest absolute Gasteiger partial charge is 0.416 e. The zero-order valence-corrected chi connectivity index (χ0v) is 15.3. The van der Waals surface area contributed by atoms with Crippen LogP contribution in [0.3, 0.4) is 0 Å². The summed E-state index contributed by atoms with van der Waals surface area (Å²) in [5.41, 5.74) is 0.443. The normalized spacial score (nSPS) is 15.7. The van der Waals surface area contributed by atoms with E-state index >= 15 is 0 Å². The van der Waals surface area contributed by atoms with Crippen LogP contribution in [0.25, 0.3) is 0 Å². The summed E-state index contributed by atoms with van der Waals surface area (Å²) >= 11 is 0. The molecule has 1 unspecified atom stereocenters. The van der Waals surface area contributed by atoms with E-state index in [1.165, 1.54) is 43.3 Å². The first-order valence-electron chi connectivity index (χ1n) is 8.79. The van der Waals surface area contributed by atoms with E-state index in [-0.39, 0.29) is 18.7 Å². The molecule has 0 aromatic heterocycles. The van der Waals surface area contributed by atoms with Crippen molar-refractivity contribution in [1.82, 2.24) is 5.01 Å². The van der Waals surface area contributed by atoms with Crippen LogP contribution in [0.4, 0.5) is 23.2 Å². The summed E-state index contributed by atoms with van der Waals surface area (Å²) < 4.78 is 51.1. The van der Waals surface area contributed by atoms with Gasteiger partial charge in [0.25, 0.3) is 0 Å². The maximum atomic E-state index is 13.0. The van der Waals surface area contributed by atoms with Gasteiger partial charge < -0.3 is 5.32 Å². The third kappa shape index (κ3) is 4.79. The Balaban J connectivity index is 1.77. The molecule has 1 aliphatic heterocycles. The summed E-state index contributed by atoms with van der Waals surface area (Å²) in [5.74, 6) is -1.35. The molecular weight excluding hydrogens is 390 g/mol. The lowest BCUT2D eigenvalue weighted by molar-refractivity contribution is -0.138. The Morgan fingerprint density at radius 1 is 1.07 bits per heavy atom. The molecule has 1 N–H and O–H groups in total. The average molecular weight is 407 g/mol. The standard InChI is InChI=1S/C20H17F4N3O2/c1-12(19(29)25-16-8-6-15(21)7-9-16)27-18(28)11-10-17(26-27)13-2-4-14(5-3-13)20(22,23)24/h2-9,12H,10-11H2,1H3,(H,25,29). The van der Waals surface area contributed by atoms with Crippen LogP contribution in [0, 0.1) is 5.82 Å². The molecule has 0 fully saturated rings. The zero-order valence-electron chi connectivity index (χ0n) is 15.3. The SMILES string of the molecule is CC(C(=O)Nc1ccc(F)cc1)N1N=C(c2ccc(C(F)(F)F)cc2)CCC1=O. The Morgan fingerprint density at radius 3 is 2.28 bits per heavy atom. The molecule has 0 spiro atoms. The molecule has 0 aliphatic carbocycles. The van der Waals surface area contributed by atoms with Crippen LogP contribution in [0.15, 0.2) is 53.6 Å². The number of benzene rings is 2. The van der Waals surface area contributed by atoms with Crippen LogP contribution in [0.2, 0.25) is 0 Å². The highest BCUT2D eigenvalue weighted by molar-refractivity contribution is 6.05. The molecule has 2 aromatic rings. The van der Waals surface area contributed by atoms with E-state index < -0.39 is 29.5 Å². The van der Waals surface area contributed by atoms with E-state index in [0.717, 1.165) is 17.1 Å². The van der Waals surface area contributed by atoms with Gasteiger partial charge in [-0.25, -0.2) is 9.40 Å². The van der Waals surface area contributed by atoms with Crippen LogP contribution in [0.1, 0.15) is 30.9 Å². The minimum Gasteiger partial charge on any atom is -0.324 e. The number of anilines is 1. The first-order valence-corrected chi connectivity index (χ1v) is 8.79. The predicted molar refractivity (Wildman–Crippen MR) is 98.6 cm³/mol. The van der Waals surface area contributed by atoms with Gasteiger partial charge in [0.1, 0.15) is 11.9 Å². The Labute approximate surface area is 164 Å². The summed E-state index contributed by atoms with van der Waals surface area (Å²) in [6, 6.07) is 8.66. The van der Waals surface area contributed by atoms with Crippen molar-refractivity contribution in [3.63, 3.8) is 0 Å². The van der Waals surface area contributed by atoms with Crippen molar-refractivity contribution in [1.29, 1.82) is 0 Å². The number of carbonyl (C=O) groups excluding carboxylic acids is 2. The number of hydrazone groups is 1. The van der Waals surface area contributed by atoms with Crippen LogP contribution in [-0.2, 0) is 15.8 Å². The van der Waals surface area contributed by atoms with Crippen molar-refractivity contribution < 1.29 is 27.2 Å². The number of alkyl halides is 3. The molecule has 1 heterocycles. The minimum absolute atomic E-state index is 0.0774. The summed E-state index contributed by atoms with van der Waals surface area (Å²) in [6.07, 6.45) is -4.11. The second kappa shape index (κ2) is 8.02. The molecule has 9 heteroatoms. The smallest absolute Gasteiger partial charge is 0.324 e. The maximum Gasteiger partial charge on any atom is 0.416 e. The molecule has 0 saturated heterocycles. The fourth-order valence-electron chi connectivity index (χ4n) is 2.82. The van der Waals surface area contributed by atoms with Crippen molar-refractivity contribution in [3.05, 3.63) is 65.5 Å². The monoisotopic (exact) mass is 407 g/mol. The first kappa shape index (κ1) is 20.5. The summed E-state index contributed by atoms with van der Waals surface area (Å²) in [6.45, 7) is 1.48. The van der Waals surface area contributed by atoms with Gasteiger partial charge in [-0.15, -0.1) is 0 Å². The lowest BCUT2D eigenvalue weighted by atomic mass is 10.0. The van der Waals surface area contributed by atoms with E-state index in [1.54, 1.807) is 0 Å². The van der Waals surface area contributed by atoms with Gasteiger partial charge in [0.15, 0.2) is 0 Å². The van der Waals surface area contributed by atoms with E-state index in [0.29, 0.717) is 17.0 Å². The van der Waals surface area contributed by atoms with Gasteiger partial charge in [-0.2, -0.15) is 18.3 Å². The van der Waals surface area contributed by atoms with Crippen molar-refractivity contribution in [2.24, 2.45) is 5.10 Å². The molecule has 152 valence electrons. The molecule has 29 heavy (non-hydrogen) atoms. The van der Waals surface area contributed by atoms with Gasteiger partial charge in [0, 0.05) is 18.5 Å². The molecule has 3 rings (SSSR count). The van der Waals surface area contributed by atoms with Crippen molar-refractivity contribution >= 4 is 23.2 Å². The highest BCUT2D eigenvalue weighted by Gasteiger charge is 2.32. The third-order valence-electron chi connectivity index (χ3n) is 4.46. The minimum atomic E-state index is -4.44. The van der Waals surface area contributed by atoms with Crippen molar-refractivity contribution in [3.8, 4) is 0 Å². The molecule has 1 atom stereocenters. The lowest BCUT2D eigenvalue weighted by Crippen LogP contribution is -2.44. The van der Waals surface area contributed by atoms with Crippen LogP contribution < -0.4 is 5.32 Å². The number of halogens is 4. The Morgan fingerprint density at radius 2 is 1.69 bits per heavy atom. The number of hydrogen-bond donors (Lipinski definition) is 1. The molecule has 1 aliphatic rings. The van der Waals surface area contributed by atoms with E-state index in [4.69, 9.17) is 0 Å². The third-order valence-corrected chi connectivity index (χ3v) is 4.46. The summed E-state index contributed by atoms with van der Waals surface area (Å²) in [5, 5.41) is 7.79. The highest BCUT2D eigenvalue weighted by atomic mass is 19.4. The molecule has 5 nitrogen and oxygen atoms in total. The Bertz CT molecular complexity index is 938. The van der Waals surface area contributed by atoms with Gasteiger partial charge in [0.2, 0.25) is 11.8 Å². The molecular formula is C20H17F4N3O2. The topological polar surface area (TPSA) is 61.8 Å². The lowest BCUT2D eigenvalue weighted by Gasteiger charge is -2.28. The number of hydrogen-bond acceptors (Lipinski definition) is 3.